The molecule has 2 fully saturated rings. The van der Waals surface area contributed by atoms with E-state index in [9.17, 15) is 10.1 Å². The molecule has 0 spiro atoms. The van der Waals surface area contributed by atoms with E-state index in [0.717, 1.165) is 35.6 Å². The van der Waals surface area contributed by atoms with Gasteiger partial charge in [0.2, 0.25) is 5.91 Å². The molecule has 5 nitrogen and oxygen atoms in total. The van der Waals surface area contributed by atoms with Gasteiger partial charge in [0, 0.05) is 37.0 Å². The highest BCUT2D eigenvalue weighted by molar-refractivity contribution is 7.10. The van der Waals surface area contributed by atoms with Gasteiger partial charge in [0.05, 0.1) is 29.9 Å². The van der Waals surface area contributed by atoms with E-state index in [0.29, 0.717) is 25.5 Å². The number of fused-ring (bicyclic) bond motifs is 1. The van der Waals surface area contributed by atoms with Crippen molar-refractivity contribution in [3.8, 4) is 6.07 Å². The smallest absolute Gasteiger partial charge is 0.228 e. The van der Waals surface area contributed by atoms with Crippen LogP contribution in [0.3, 0.4) is 0 Å². The second kappa shape index (κ2) is 8.20. The van der Waals surface area contributed by atoms with Crippen LogP contribution in [0, 0.1) is 11.3 Å². The summed E-state index contributed by atoms with van der Waals surface area (Å²) >= 11 is 1.64. The number of nitrogens with zero attached hydrogens (tertiary/aromatic N) is 3. The first-order valence-electron chi connectivity index (χ1n) is 11.7. The Morgan fingerprint density at radius 3 is 2.78 bits per heavy atom. The Balaban J connectivity index is 1.42. The number of anilines is 1. The van der Waals surface area contributed by atoms with Crippen molar-refractivity contribution in [2.45, 2.75) is 70.6 Å². The van der Waals surface area contributed by atoms with Gasteiger partial charge in [-0.1, -0.05) is 6.07 Å². The highest BCUT2D eigenvalue weighted by atomic mass is 32.1. The highest BCUT2D eigenvalue weighted by Gasteiger charge is 2.37. The lowest BCUT2D eigenvalue weighted by atomic mass is 9.84. The molecule has 1 amide bonds. The van der Waals surface area contributed by atoms with Gasteiger partial charge in [0.1, 0.15) is 6.07 Å². The van der Waals surface area contributed by atoms with Crippen molar-refractivity contribution in [1.82, 2.24) is 4.90 Å². The molecule has 32 heavy (non-hydrogen) atoms. The lowest BCUT2D eigenvalue weighted by molar-refractivity contribution is -0.132. The second-order valence-corrected chi connectivity index (χ2v) is 11.1. The number of ether oxygens (including phenoxy) is 1. The number of hydrogen-bond donors (Lipinski definition) is 0. The number of piperazine rings is 1. The number of carbonyl (C=O) groups excluding carboxylic acids is 1. The van der Waals surface area contributed by atoms with Crippen molar-refractivity contribution in [2.75, 3.05) is 24.5 Å². The van der Waals surface area contributed by atoms with Gasteiger partial charge in [0.25, 0.3) is 0 Å². The molecule has 168 valence electrons. The molecule has 1 aromatic heterocycles. The third-order valence-electron chi connectivity index (χ3n) is 7.10. The Labute approximate surface area is 194 Å². The van der Waals surface area contributed by atoms with E-state index in [1.165, 1.54) is 29.5 Å². The number of nitriles is 1. The van der Waals surface area contributed by atoms with Crippen LogP contribution in [0.15, 0.2) is 23.6 Å². The molecule has 0 radical (unpaired) electrons. The fraction of sp³-hybridized carbons (Fsp3) is 0.538. The number of benzene rings is 1. The molecule has 1 aliphatic carbocycles. The summed E-state index contributed by atoms with van der Waals surface area (Å²) in [6.07, 6.45) is 3.70. The molecule has 3 aliphatic rings. The maximum atomic E-state index is 12.9. The molecule has 1 atom stereocenters. The normalized spacial score (nSPS) is 22.4. The standard InChI is InChI=1S/C26H31N3O2S/c1-17-15-28(8-9-29(17)25(30)11-19-5-4-10-32-19)24-12-20(18-6-7-18)23-16-31-26(2,3)13-21(23)22(24)14-27/h4-5,10,12,17-18H,6-9,11,13,15-16H2,1-3H3. The van der Waals surface area contributed by atoms with Gasteiger partial charge in [-0.05, 0) is 73.7 Å². The van der Waals surface area contributed by atoms with E-state index >= 15 is 0 Å². The minimum atomic E-state index is -0.252. The predicted molar refractivity (Wildman–Crippen MR) is 127 cm³/mol. The van der Waals surface area contributed by atoms with Gasteiger partial charge in [0.15, 0.2) is 0 Å². The van der Waals surface area contributed by atoms with Gasteiger partial charge < -0.3 is 14.5 Å². The summed E-state index contributed by atoms with van der Waals surface area (Å²) in [5.74, 6) is 0.800. The summed E-state index contributed by atoms with van der Waals surface area (Å²) < 4.78 is 6.13. The van der Waals surface area contributed by atoms with Crippen molar-refractivity contribution < 1.29 is 9.53 Å². The molecule has 0 bridgehead atoms. The molecule has 1 saturated carbocycles. The number of hydrogen-bond acceptors (Lipinski definition) is 5. The summed E-state index contributed by atoms with van der Waals surface area (Å²) in [5, 5.41) is 12.2. The van der Waals surface area contributed by atoms with E-state index < -0.39 is 0 Å². The van der Waals surface area contributed by atoms with Crippen molar-refractivity contribution in [3.05, 3.63) is 50.7 Å². The third kappa shape index (κ3) is 4.04. The zero-order valence-electron chi connectivity index (χ0n) is 19.2. The summed E-state index contributed by atoms with van der Waals surface area (Å²) in [6, 6.07) is 8.96. The molecule has 0 N–H and O–H groups in total. The SMILES string of the molecule is CC1CN(c2cc(C3CC3)c3c(c2C#N)CC(C)(C)OC3)CCN1C(=O)Cc1cccs1. The van der Waals surface area contributed by atoms with Gasteiger partial charge >= 0.3 is 0 Å². The molecule has 1 saturated heterocycles. The first kappa shape index (κ1) is 21.5. The van der Waals surface area contributed by atoms with Gasteiger partial charge in [-0.15, -0.1) is 11.3 Å². The van der Waals surface area contributed by atoms with Crippen LogP contribution in [0.5, 0.6) is 0 Å². The van der Waals surface area contributed by atoms with Crippen LogP contribution < -0.4 is 4.90 Å². The van der Waals surface area contributed by atoms with Crippen LogP contribution in [0.1, 0.15) is 66.7 Å². The number of amides is 1. The van der Waals surface area contributed by atoms with Crippen molar-refractivity contribution in [3.63, 3.8) is 0 Å². The van der Waals surface area contributed by atoms with E-state index in [1.807, 2.05) is 22.4 Å². The molecule has 2 aliphatic heterocycles. The molecule has 2 aromatic rings. The zero-order valence-corrected chi connectivity index (χ0v) is 20.0. The van der Waals surface area contributed by atoms with Crippen LogP contribution in [-0.2, 0) is 29.0 Å². The topological polar surface area (TPSA) is 56.6 Å². The Morgan fingerprint density at radius 1 is 1.31 bits per heavy atom. The summed E-state index contributed by atoms with van der Waals surface area (Å²) in [6.45, 7) is 9.17. The lowest BCUT2D eigenvalue weighted by Gasteiger charge is -2.42. The molecule has 6 heteroatoms. The Kier molecular flexibility index (Phi) is 5.51. The number of carbonyl (C=O) groups is 1. The lowest BCUT2D eigenvalue weighted by Crippen LogP contribution is -2.54. The van der Waals surface area contributed by atoms with Crippen molar-refractivity contribution in [1.29, 1.82) is 5.26 Å². The van der Waals surface area contributed by atoms with Crippen molar-refractivity contribution in [2.24, 2.45) is 0 Å². The Morgan fingerprint density at radius 2 is 2.12 bits per heavy atom. The molecule has 1 unspecified atom stereocenters. The van der Waals surface area contributed by atoms with E-state index in [-0.39, 0.29) is 17.6 Å². The van der Waals surface area contributed by atoms with Crippen LogP contribution in [-0.4, -0.2) is 42.1 Å². The summed E-state index contributed by atoms with van der Waals surface area (Å²) in [7, 11) is 0. The summed E-state index contributed by atoms with van der Waals surface area (Å²) in [5.41, 5.74) is 5.44. The molecular formula is C26H31N3O2S. The van der Waals surface area contributed by atoms with E-state index in [2.05, 4.69) is 37.8 Å². The van der Waals surface area contributed by atoms with Gasteiger partial charge in [-0.3, -0.25) is 4.79 Å². The first-order chi connectivity index (χ1) is 15.4. The monoisotopic (exact) mass is 449 g/mol. The third-order valence-corrected chi connectivity index (χ3v) is 7.97. The predicted octanol–water partition coefficient (Wildman–Crippen LogP) is 4.63. The summed E-state index contributed by atoms with van der Waals surface area (Å²) in [4.78, 5) is 18.4. The largest absolute Gasteiger partial charge is 0.371 e. The maximum Gasteiger partial charge on any atom is 0.228 e. The van der Waals surface area contributed by atoms with E-state index in [4.69, 9.17) is 4.74 Å². The van der Waals surface area contributed by atoms with Gasteiger partial charge in [-0.25, -0.2) is 0 Å². The second-order valence-electron chi connectivity index (χ2n) is 10.1. The van der Waals surface area contributed by atoms with E-state index in [1.54, 1.807) is 11.3 Å². The van der Waals surface area contributed by atoms with Crippen LogP contribution in [0.25, 0.3) is 0 Å². The Hall–Kier alpha value is -2.36. The highest BCUT2D eigenvalue weighted by Crippen LogP contribution is 2.47. The Bertz CT molecular complexity index is 1070. The molecule has 3 heterocycles. The van der Waals surface area contributed by atoms with Crippen LogP contribution >= 0.6 is 11.3 Å². The fourth-order valence-corrected chi connectivity index (χ4v) is 5.94. The van der Waals surface area contributed by atoms with Crippen molar-refractivity contribution >= 4 is 22.9 Å². The maximum absolute atomic E-state index is 12.9. The fourth-order valence-electron chi connectivity index (χ4n) is 5.24. The number of thiophene rings is 1. The number of rotatable bonds is 4. The molecule has 1 aromatic carbocycles. The molecule has 5 rings (SSSR count). The minimum absolute atomic E-state index is 0.114. The minimum Gasteiger partial charge on any atom is -0.371 e. The first-order valence-corrected chi connectivity index (χ1v) is 12.5. The zero-order chi connectivity index (χ0) is 22.5. The van der Waals surface area contributed by atoms with Gasteiger partial charge in [-0.2, -0.15) is 5.26 Å². The molecular weight excluding hydrogens is 418 g/mol. The van der Waals surface area contributed by atoms with Crippen LogP contribution in [0.2, 0.25) is 0 Å². The average Bonchev–Trinajstić information content (AvgIpc) is 3.48. The quantitative estimate of drug-likeness (QED) is 0.683. The van der Waals surface area contributed by atoms with Crippen LogP contribution in [0.4, 0.5) is 5.69 Å². The average molecular weight is 450 g/mol.